The van der Waals surface area contributed by atoms with E-state index in [1.54, 1.807) is 12.1 Å². The van der Waals surface area contributed by atoms with Crippen molar-refractivity contribution in [1.29, 1.82) is 0 Å². The van der Waals surface area contributed by atoms with E-state index in [0.717, 1.165) is 35.7 Å². The van der Waals surface area contributed by atoms with Gasteiger partial charge in [-0.3, -0.25) is 0 Å². The van der Waals surface area contributed by atoms with Gasteiger partial charge < -0.3 is 10.0 Å². The minimum atomic E-state index is -0.971. The monoisotopic (exact) mass is 395 g/mol. The number of carboxylic acid groups (broad SMARTS) is 1. The van der Waals surface area contributed by atoms with E-state index in [4.69, 9.17) is 11.6 Å². The van der Waals surface area contributed by atoms with Gasteiger partial charge in [0.15, 0.2) is 0 Å². The third-order valence-electron chi connectivity index (χ3n) is 5.33. The second kappa shape index (κ2) is 7.86. The number of rotatable bonds is 6. The molecule has 1 fully saturated rings. The maximum Gasteiger partial charge on any atom is 0.337 e. The molecule has 0 spiro atoms. The topological polar surface area (TPSA) is 66.3 Å². The SMILES string of the molecule is Cc1nc(C[C@H](CN2CCC2)c2cccc(Cl)c2)c2cccc(C(=O)O)c2n1. The van der Waals surface area contributed by atoms with Crippen LogP contribution in [0.2, 0.25) is 5.02 Å². The zero-order valence-electron chi connectivity index (χ0n) is 15.7. The molecule has 1 N–H and O–H groups in total. The maximum absolute atomic E-state index is 11.6. The Bertz CT molecular complexity index is 1030. The van der Waals surface area contributed by atoms with Gasteiger partial charge in [0.05, 0.1) is 16.8 Å². The predicted octanol–water partition coefficient (Wildman–Crippen LogP) is 4.32. The van der Waals surface area contributed by atoms with Crippen LogP contribution in [0.3, 0.4) is 0 Å². The Hall–Kier alpha value is -2.50. The molecular weight excluding hydrogens is 374 g/mol. The van der Waals surface area contributed by atoms with Crippen molar-refractivity contribution in [2.45, 2.75) is 25.7 Å². The number of fused-ring (bicyclic) bond motifs is 1. The highest BCUT2D eigenvalue weighted by molar-refractivity contribution is 6.30. The summed E-state index contributed by atoms with van der Waals surface area (Å²) in [6.07, 6.45) is 1.94. The van der Waals surface area contributed by atoms with Gasteiger partial charge in [0.1, 0.15) is 5.82 Å². The first-order chi connectivity index (χ1) is 13.5. The molecule has 1 aliphatic heterocycles. The summed E-state index contributed by atoms with van der Waals surface area (Å²) in [5.41, 5.74) is 2.78. The fraction of sp³-hybridized carbons (Fsp3) is 0.318. The summed E-state index contributed by atoms with van der Waals surface area (Å²) < 4.78 is 0. The van der Waals surface area contributed by atoms with Gasteiger partial charge in [-0.25, -0.2) is 14.8 Å². The highest BCUT2D eigenvalue weighted by Gasteiger charge is 2.23. The largest absolute Gasteiger partial charge is 0.478 e. The fourth-order valence-corrected chi connectivity index (χ4v) is 4.02. The van der Waals surface area contributed by atoms with E-state index < -0.39 is 5.97 Å². The third-order valence-corrected chi connectivity index (χ3v) is 5.57. The highest BCUT2D eigenvalue weighted by atomic mass is 35.5. The number of aromatic carboxylic acids is 1. The Morgan fingerprint density at radius 3 is 2.68 bits per heavy atom. The van der Waals surface area contributed by atoms with Crippen LogP contribution in [-0.4, -0.2) is 45.6 Å². The first-order valence-corrected chi connectivity index (χ1v) is 9.86. The Kier molecular flexibility index (Phi) is 5.29. The molecule has 2 heterocycles. The summed E-state index contributed by atoms with van der Waals surface area (Å²) in [5, 5.41) is 11.1. The molecule has 0 radical (unpaired) electrons. The molecule has 28 heavy (non-hydrogen) atoms. The van der Waals surface area contributed by atoms with Gasteiger partial charge in [-0.2, -0.15) is 0 Å². The molecule has 4 rings (SSSR count). The molecule has 1 atom stereocenters. The number of hydrogen-bond acceptors (Lipinski definition) is 4. The van der Waals surface area contributed by atoms with Gasteiger partial charge in [0.25, 0.3) is 0 Å². The molecule has 2 aromatic carbocycles. The number of carboxylic acids is 1. The molecule has 5 nitrogen and oxygen atoms in total. The van der Waals surface area contributed by atoms with E-state index in [-0.39, 0.29) is 11.5 Å². The standard InChI is InChI=1S/C22H22ClN3O2/c1-14-24-20(18-7-3-8-19(22(27)28)21(18)25-14)12-16(13-26-9-4-10-26)15-5-2-6-17(23)11-15/h2-3,5-8,11,16H,4,9-10,12-13H2,1H3,(H,27,28)/t16-/m1/s1. The lowest BCUT2D eigenvalue weighted by Crippen LogP contribution is -2.40. The Labute approximate surface area is 169 Å². The molecule has 0 aliphatic carbocycles. The molecule has 144 valence electrons. The summed E-state index contributed by atoms with van der Waals surface area (Å²) in [4.78, 5) is 23.2. The van der Waals surface area contributed by atoms with Crippen molar-refractivity contribution in [3.8, 4) is 0 Å². The molecule has 0 unspecified atom stereocenters. The number of benzene rings is 2. The summed E-state index contributed by atoms with van der Waals surface area (Å²) >= 11 is 6.25. The number of likely N-dealkylation sites (tertiary alicyclic amines) is 1. The average molecular weight is 396 g/mol. The number of para-hydroxylation sites is 1. The van der Waals surface area contributed by atoms with E-state index in [1.165, 1.54) is 12.0 Å². The van der Waals surface area contributed by atoms with Crippen molar-refractivity contribution in [2.75, 3.05) is 19.6 Å². The number of carbonyl (C=O) groups is 1. The van der Waals surface area contributed by atoms with Gasteiger partial charge in [-0.05, 0) is 56.6 Å². The molecule has 1 aromatic heterocycles. The number of aryl methyl sites for hydroxylation is 1. The number of aromatic nitrogens is 2. The molecule has 1 aliphatic rings. The second-order valence-corrected chi connectivity index (χ2v) is 7.77. The lowest BCUT2D eigenvalue weighted by atomic mass is 9.91. The zero-order valence-corrected chi connectivity index (χ0v) is 16.5. The zero-order chi connectivity index (χ0) is 19.7. The van der Waals surface area contributed by atoms with Gasteiger partial charge >= 0.3 is 5.97 Å². The minimum Gasteiger partial charge on any atom is -0.478 e. The second-order valence-electron chi connectivity index (χ2n) is 7.33. The van der Waals surface area contributed by atoms with E-state index in [9.17, 15) is 9.90 Å². The molecule has 0 bridgehead atoms. The summed E-state index contributed by atoms with van der Waals surface area (Å²) in [6, 6.07) is 13.3. The van der Waals surface area contributed by atoms with Crippen LogP contribution in [-0.2, 0) is 6.42 Å². The van der Waals surface area contributed by atoms with E-state index in [0.29, 0.717) is 17.8 Å². The van der Waals surface area contributed by atoms with Crippen LogP contribution in [0, 0.1) is 6.92 Å². The van der Waals surface area contributed by atoms with Crippen molar-refractivity contribution in [1.82, 2.24) is 14.9 Å². The summed E-state index contributed by atoms with van der Waals surface area (Å²) in [7, 11) is 0. The molecule has 0 amide bonds. The lowest BCUT2D eigenvalue weighted by Gasteiger charge is -2.34. The quantitative estimate of drug-likeness (QED) is 0.673. The van der Waals surface area contributed by atoms with Crippen molar-refractivity contribution < 1.29 is 9.90 Å². The van der Waals surface area contributed by atoms with Gasteiger partial charge in [0.2, 0.25) is 0 Å². The van der Waals surface area contributed by atoms with Crippen LogP contribution in [0.15, 0.2) is 42.5 Å². The van der Waals surface area contributed by atoms with E-state index in [1.807, 2.05) is 31.2 Å². The van der Waals surface area contributed by atoms with E-state index >= 15 is 0 Å². The fourth-order valence-electron chi connectivity index (χ4n) is 3.83. The smallest absolute Gasteiger partial charge is 0.337 e. The summed E-state index contributed by atoms with van der Waals surface area (Å²) in [5.74, 6) is -0.156. The average Bonchev–Trinajstić information content (AvgIpc) is 2.62. The van der Waals surface area contributed by atoms with Crippen LogP contribution >= 0.6 is 11.6 Å². The lowest BCUT2D eigenvalue weighted by molar-refractivity contribution is 0.0699. The predicted molar refractivity (Wildman–Crippen MR) is 110 cm³/mol. The number of halogens is 1. The van der Waals surface area contributed by atoms with Crippen LogP contribution in [0.1, 0.15) is 39.8 Å². The first-order valence-electron chi connectivity index (χ1n) is 9.48. The number of nitrogens with zero attached hydrogens (tertiary/aromatic N) is 3. The van der Waals surface area contributed by atoms with Crippen molar-refractivity contribution in [3.05, 3.63) is 70.1 Å². The molecule has 0 saturated carbocycles. The third kappa shape index (κ3) is 3.86. The Balaban J connectivity index is 1.76. The van der Waals surface area contributed by atoms with Crippen LogP contribution in [0.25, 0.3) is 10.9 Å². The minimum absolute atomic E-state index is 0.214. The normalized spacial score (nSPS) is 15.4. The molecule has 3 aromatic rings. The van der Waals surface area contributed by atoms with Crippen LogP contribution < -0.4 is 0 Å². The Morgan fingerprint density at radius 2 is 2.00 bits per heavy atom. The maximum atomic E-state index is 11.6. The number of hydrogen-bond donors (Lipinski definition) is 1. The van der Waals surface area contributed by atoms with Crippen molar-refractivity contribution in [2.24, 2.45) is 0 Å². The van der Waals surface area contributed by atoms with Crippen molar-refractivity contribution >= 4 is 28.5 Å². The molecule has 1 saturated heterocycles. The van der Waals surface area contributed by atoms with Crippen LogP contribution in [0.5, 0.6) is 0 Å². The Morgan fingerprint density at radius 1 is 1.21 bits per heavy atom. The molecule has 6 heteroatoms. The van der Waals surface area contributed by atoms with Crippen LogP contribution in [0.4, 0.5) is 0 Å². The van der Waals surface area contributed by atoms with Gasteiger partial charge in [-0.1, -0.05) is 35.9 Å². The summed E-state index contributed by atoms with van der Waals surface area (Å²) in [6.45, 7) is 4.97. The van der Waals surface area contributed by atoms with E-state index in [2.05, 4.69) is 20.9 Å². The molecular formula is C22H22ClN3O2. The van der Waals surface area contributed by atoms with Gasteiger partial charge in [-0.15, -0.1) is 0 Å². The highest BCUT2D eigenvalue weighted by Crippen LogP contribution is 2.29. The van der Waals surface area contributed by atoms with Crippen molar-refractivity contribution in [3.63, 3.8) is 0 Å². The first kappa shape index (κ1) is 18.8. The van der Waals surface area contributed by atoms with Gasteiger partial charge in [0, 0.05) is 22.9 Å².